The average Bonchev–Trinajstić information content (AvgIpc) is 2.59. The highest BCUT2D eigenvalue weighted by Crippen LogP contribution is 2.18. The van der Waals surface area contributed by atoms with Crippen LogP contribution in [0.2, 0.25) is 0 Å². The van der Waals surface area contributed by atoms with Crippen LogP contribution in [0.1, 0.15) is 24.1 Å². The molecule has 1 N–H and O–H groups in total. The van der Waals surface area contributed by atoms with Crippen LogP contribution in [-0.4, -0.2) is 40.3 Å². The van der Waals surface area contributed by atoms with Gasteiger partial charge in [-0.1, -0.05) is 17.7 Å². The van der Waals surface area contributed by atoms with Crippen LogP contribution in [0.4, 0.5) is 10.5 Å². The maximum atomic E-state index is 12.4. The quantitative estimate of drug-likeness (QED) is 0.941. The molecule has 0 radical (unpaired) electrons. The Balaban J connectivity index is 1.57. The molecule has 0 saturated carbocycles. The molecule has 6 heteroatoms. The second kappa shape index (κ2) is 7.29. The number of urea groups is 1. The van der Waals surface area contributed by atoms with E-state index < -0.39 is 0 Å². The van der Waals surface area contributed by atoms with Crippen LogP contribution in [0.15, 0.2) is 36.4 Å². The third-order valence-electron chi connectivity index (χ3n) is 4.03. The number of aromatic nitrogens is 2. The van der Waals surface area contributed by atoms with Gasteiger partial charge in [-0.05, 0) is 44.9 Å². The van der Waals surface area contributed by atoms with Gasteiger partial charge in [-0.15, -0.1) is 5.10 Å². The van der Waals surface area contributed by atoms with E-state index in [-0.39, 0.29) is 12.1 Å². The number of likely N-dealkylation sites (tertiary alicyclic amines) is 1. The number of nitrogens with one attached hydrogen (secondary N) is 1. The lowest BCUT2D eigenvalue weighted by Crippen LogP contribution is -2.46. The summed E-state index contributed by atoms with van der Waals surface area (Å²) >= 11 is 0. The SMILES string of the molecule is Cc1ccc(NC(=O)N2CCCC(Oc3ccc(C)nn3)C2)cc1. The zero-order valence-electron chi connectivity index (χ0n) is 14.0. The molecule has 0 bridgehead atoms. The van der Waals surface area contributed by atoms with Gasteiger partial charge in [0.1, 0.15) is 6.10 Å². The third kappa shape index (κ3) is 4.22. The van der Waals surface area contributed by atoms with Gasteiger partial charge in [0.25, 0.3) is 0 Å². The first-order valence-corrected chi connectivity index (χ1v) is 8.20. The van der Waals surface area contributed by atoms with Crippen LogP contribution in [-0.2, 0) is 0 Å². The van der Waals surface area contributed by atoms with Crippen LogP contribution in [0.5, 0.6) is 5.88 Å². The molecule has 2 amide bonds. The van der Waals surface area contributed by atoms with Gasteiger partial charge >= 0.3 is 6.03 Å². The zero-order valence-corrected chi connectivity index (χ0v) is 14.0. The van der Waals surface area contributed by atoms with E-state index in [1.807, 2.05) is 50.2 Å². The van der Waals surface area contributed by atoms with Crippen LogP contribution >= 0.6 is 0 Å². The fourth-order valence-corrected chi connectivity index (χ4v) is 2.68. The highest BCUT2D eigenvalue weighted by atomic mass is 16.5. The molecule has 1 fully saturated rings. The highest BCUT2D eigenvalue weighted by molar-refractivity contribution is 5.89. The highest BCUT2D eigenvalue weighted by Gasteiger charge is 2.25. The van der Waals surface area contributed by atoms with E-state index in [9.17, 15) is 4.79 Å². The van der Waals surface area contributed by atoms with Crippen molar-refractivity contribution >= 4 is 11.7 Å². The molecule has 0 aliphatic carbocycles. The van der Waals surface area contributed by atoms with Crippen molar-refractivity contribution in [1.82, 2.24) is 15.1 Å². The van der Waals surface area contributed by atoms with E-state index in [1.165, 1.54) is 5.56 Å². The fraction of sp³-hybridized carbons (Fsp3) is 0.389. The Bertz CT molecular complexity index is 685. The number of hydrogen-bond donors (Lipinski definition) is 1. The number of hydrogen-bond acceptors (Lipinski definition) is 4. The van der Waals surface area contributed by atoms with Crippen molar-refractivity contribution in [3.05, 3.63) is 47.7 Å². The average molecular weight is 326 g/mol. The van der Waals surface area contributed by atoms with Crippen molar-refractivity contribution in [1.29, 1.82) is 0 Å². The molecule has 1 aromatic carbocycles. The molecule has 2 heterocycles. The van der Waals surface area contributed by atoms with E-state index in [0.717, 1.165) is 30.8 Å². The first-order chi connectivity index (χ1) is 11.6. The summed E-state index contributed by atoms with van der Waals surface area (Å²) in [5.74, 6) is 0.506. The predicted octanol–water partition coefficient (Wildman–Crippen LogP) is 3.17. The van der Waals surface area contributed by atoms with Gasteiger partial charge in [-0.2, -0.15) is 5.10 Å². The van der Waals surface area contributed by atoms with E-state index >= 15 is 0 Å². The van der Waals surface area contributed by atoms with Gasteiger partial charge < -0.3 is 15.0 Å². The summed E-state index contributed by atoms with van der Waals surface area (Å²) in [6, 6.07) is 11.4. The Morgan fingerprint density at radius 2 is 1.96 bits per heavy atom. The Hall–Kier alpha value is -2.63. The first-order valence-electron chi connectivity index (χ1n) is 8.20. The summed E-state index contributed by atoms with van der Waals surface area (Å²) in [6.07, 6.45) is 1.76. The van der Waals surface area contributed by atoms with Crippen molar-refractivity contribution in [2.45, 2.75) is 32.8 Å². The summed E-state index contributed by atoms with van der Waals surface area (Å²) < 4.78 is 5.86. The molecule has 3 rings (SSSR count). The molecule has 1 aliphatic heterocycles. The minimum atomic E-state index is -0.0952. The number of aryl methyl sites for hydroxylation is 2. The third-order valence-corrected chi connectivity index (χ3v) is 4.03. The number of nitrogens with zero attached hydrogens (tertiary/aromatic N) is 3. The molecule has 1 unspecified atom stereocenters. The molecule has 2 aromatic rings. The standard InChI is InChI=1S/C18H22N4O2/c1-13-5-8-15(9-6-13)19-18(23)22-11-3-4-16(12-22)24-17-10-7-14(2)20-21-17/h5-10,16H,3-4,11-12H2,1-2H3,(H,19,23). The zero-order chi connectivity index (χ0) is 16.9. The molecule has 0 spiro atoms. The maximum absolute atomic E-state index is 12.4. The fourth-order valence-electron chi connectivity index (χ4n) is 2.68. The van der Waals surface area contributed by atoms with Crippen LogP contribution < -0.4 is 10.1 Å². The van der Waals surface area contributed by atoms with Crippen LogP contribution in [0, 0.1) is 13.8 Å². The lowest BCUT2D eigenvalue weighted by atomic mass is 10.1. The predicted molar refractivity (Wildman–Crippen MR) is 92.2 cm³/mol. The van der Waals surface area contributed by atoms with E-state index in [1.54, 1.807) is 4.90 Å². The molecule has 1 saturated heterocycles. The summed E-state index contributed by atoms with van der Waals surface area (Å²) in [5.41, 5.74) is 2.82. The van der Waals surface area contributed by atoms with Crippen LogP contribution in [0.3, 0.4) is 0 Å². The second-order valence-corrected chi connectivity index (χ2v) is 6.14. The number of carbonyl (C=O) groups excluding carboxylic acids is 1. The van der Waals surface area contributed by atoms with Crippen molar-refractivity contribution < 1.29 is 9.53 Å². The number of rotatable bonds is 3. The maximum Gasteiger partial charge on any atom is 0.321 e. The van der Waals surface area contributed by atoms with Gasteiger partial charge in [-0.25, -0.2) is 4.79 Å². The number of carbonyl (C=O) groups is 1. The van der Waals surface area contributed by atoms with E-state index in [2.05, 4.69) is 15.5 Å². The summed E-state index contributed by atoms with van der Waals surface area (Å²) in [6.45, 7) is 5.19. The van der Waals surface area contributed by atoms with Crippen molar-refractivity contribution in [3.8, 4) is 5.88 Å². The summed E-state index contributed by atoms with van der Waals surface area (Å²) in [5, 5.41) is 11.0. The van der Waals surface area contributed by atoms with Gasteiger partial charge in [-0.3, -0.25) is 0 Å². The molecule has 24 heavy (non-hydrogen) atoms. The minimum absolute atomic E-state index is 0.0560. The number of ether oxygens (including phenoxy) is 1. The number of benzene rings is 1. The normalized spacial score (nSPS) is 17.4. The largest absolute Gasteiger partial charge is 0.471 e. The van der Waals surface area contributed by atoms with E-state index in [4.69, 9.17) is 4.74 Å². The van der Waals surface area contributed by atoms with Gasteiger partial charge in [0.2, 0.25) is 5.88 Å². The Morgan fingerprint density at radius 1 is 1.17 bits per heavy atom. The van der Waals surface area contributed by atoms with Crippen molar-refractivity contribution in [2.24, 2.45) is 0 Å². The lowest BCUT2D eigenvalue weighted by Gasteiger charge is -2.32. The van der Waals surface area contributed by atoms with Crippen molar-refractivity contribution in [3.63, 3.8) is 0 Å². The number of piperidine rings is 1. The smallest absolute Gasteiger partial charge is 0.321 e. The molecule has 6 nitrogen and oxygen atoms in total. The monoisotopic (exact) mass is 326 g/mol. The molecule has 1 atom stereocenters. The molecule has 126 valence electrons. The minimum Gasteiger partial charge on any atom is -0.471 e. The lowest BCUT2D eigenvalue weighted by molar-refractivity contribution is 0.102. The Morgan fingerprint density at radius 3 is 2.67 bits per heavy atom. The second-order valence-electron chi connectivity index (χ2n) is 6.14. The van der Waals surface area contributed by atoms with Gasteiger partial charge in [0.15, 0.2) is 0 Å². The topological polar surface area (TPSA) is 67.4 Å². The van der Waals surface area contributed by atoms with Gasteiger partial charge in [0.05, 0.1) is 12.2 Å². The first kappa shape index (κ1) is 16.2. The van der Waals surface area contributed by atoms with E-state index in [0.29, 0.717) is 12.4 Å². The van der Waals surface area contributed by atoms with Crippen LogP contribution in [0.25, 0.3) is 0 Å². The molecule has 1 aromatic heterocycles. The van der Waals surface area contributed by atoms with Gasteiger partial charge in [0, 0.05) is 18.3 Å². The number of anilines is 1. The Kier molecular flexibility index (Phi) is 4.93. The molecule has 1 aliphatic rings. The van der Waals surface area contributed by atoms with Crippen molar-refractivity contribution in [2.75, 3.05) is 18.4 Å². The molecular formula is C18H22N4O2. The number of amides is 2. The molecular weight excluding hydrogens is 304 g/mol. The Labute approximate surface area is 141 Å². The summed E-state index contributed by atoms with van der Waals surface area (Å²) in [7, 11) is 0. The summed E-state index contributed by atoms with van der Waals surface area (Å²) in [4.78, 5) is 14.2.